The van der Waals surface area contributed by atoms with E-state index in [2.05, 4.69) is 10.2 Å². The maximum Gasteiger partial charge on any atom is 0.274 e. The lowest BCUT2D eigenvalue weighted by Gasteiger charge is -2.29. The number of aromatic amines is 1. The largest absolute Gasteiger partial charge is 0.396 e. The minimum absolute atomic E-state index is 0.0306. The third-order valence-electron chi connectivity index (χ3n) is 4.31. The third-order valence-corrected chi connectivity index (χ3v) is 4.31. The Labute approximate surface area is 113 Å². The number of rotatable bonds is 4. The molecular formula is C14H22N4O. The van der Waals surface area contributed by atoms with Crippen LogP contribution >= 0.6 is 0 Å². The summed E-state index contributed by atoms with van der Waals surface area (Å²) in [7, 11) is 0. The van der Waals surface area contributed by atoms with E-state index in [9.17, 15) is 4.79 Å². The second-order valence-corrected chi connectivity index (χ2v) is 5.89. The number of carbonyl (C=O) groups excluding carboxylic acids is 1. The number of nitrogens with one attached hydrogen (secondary N) is 1. The molecule has 0 saturated heterocycles. The molecular weight excluding hydrogens is 240 g/mol. The van der Waals surface area contributed by atoms with Gasteiger partial charge >= 0.3 is 0 Å². The minimum Gasteiger partial charge on any atom is -0.396 e. The van der Waals surface area contributed by atoms with Crippen LogP contribution in [0.2, 0.25) is 0 Å². The molecule has 0 aliphatic heterocycles. The second kappa shape index (κ2) is 5.23. The van der Waals surface area contributed by atoms with Crippen molar-refractivity contribution in [3.05, 3.63) is 11.9 Å². The third kappa shape index (κ3) is 2.74. The first-order valence-corrected chi connectivity index (χ1v) is 7.35. The summed E-state index contributed by atoms with van der Waals surface area (Å²) in [5.41, 5.74) is 6.71. The van der Waals surface area contributed by atoms with Crippen molar-refractivity contribution >= 4 is 11.6 Å². The summed E-state index contributed by atoms with van der Waals surface area (Å²) in [5, 5.41) is 6.59. The summed E-state index contributed by atoms with van der Waals surface area (Å²) < 4.78 is 0. The molecule has 1 amide bonds. The highest BCUT2D eigenvalue weighted by Gasteiger charge is 2.35. The van der Waals surface area contributed by atoms with E-state index in [0.29, 0.717) is 23.3 Å². The Kier molecular flexibility index (Phi) is 3.44. The quantitative estimate of drug-likeness (QED) is 0.873. The van der Waals surface area contributed by atoms with Gasteiger partial charge in [-0.1, -0.05) is 19.3 Å². The number of nitrogen functional groups attached to an aromatic ring is 1. The Bertz CT molecular complexity index is 446. The van der Waals surface area contributed by atoms with Crippen LogP contribution in [0.4, 0.5) is 5.69 Å². The highest BCUT2D eigenvalue weighted by Crippen LogP contribution is 2.32. The van der Waals surface area contributed by atoms with E-state index < -0.39 is 0 Å². The van der Waals surface area contributed by atoms with Gasteiger partial charge in [0, 0.05) is 12.6 Å². The van der Waals surface area contributed by atoms with Gasteiger partial charge in [-0.2, -0.15) is 5.10 Å². The highest BCUT2D eigenvalue weighted by molar-refractivity contribution is 5.97. The van der Waals surface area contributed by atoms with Gasteiger partial charge in [0.05, 0.1) is 11.9 Å². The van der Waals surface area contributed by atoms with Crippen LogP contribution in [0, 0.1) is 5.92 Å². The van der Waals surface area contributed by atoms with Crippen LogP contribution in [-0.2, 0) is 0 Å². The summed E-state index contributed by atoms with van der Waals surface area (Å²) >= 11 is 0. The van der Waals surface area contributed by atoms with Gasteiger partial charge < -0.3 is 10.6 Å². The standard InChI is InChI=1S/C14H22N4O/c15-12-8-16-17-13(12)14(19)18(11-6-7-11)9-10-4-2-1-3-5-10/h8,10-11H,1-7,9,15H2,(H,16,17). The van der Waals surface area contributed by atoms with Crippen molar-refractivity contribution in [2.45, 2.75) is 51.0 Å². The first-order chi connectivity index (χ1) is 9.25. The molecule has 0 bridgehead atoms. The normalized spacial score (nSPS) is 20.4. The molecule has 0 spiro atoms. The van der Waals surface area contributed by atoms with Crippen molar-refractivity contribution in [2.24, 2.45) is 5.92 Å². The fraction of sp³-hybridized carbons (Fsp3) is 0.714. The Morgan fingerprint density at radius 3 is 2.63 bits per heavy atom. The van der Waals surface area contributed by atoms with E-state index in [-0.39, 0.29) is 5.91 Å². The number of H-pyrrole nitrogens is 1. The molecule has 3 N–H and O–H groups in total. The zero-order chi connectivity index (χ0) is 13.2. The average Bonchev–Trinajstić information content (AvgIpc) is 3.18. The molecule has 2 saturated carbocycles. The molecule has 0 radical (unpaired) electrons. The smallest absolute Gasteiger partial charge is 0.274 e. The fourth-order valence-electron chi connectivity index (χ4n) is 3.04. The van der Waals surface area contributed by atoms with E-state index in [4.69, 9.17) is 5.73 Å². The second-order valence-electron chi connectivity index (χ2n) is 5.89. The van der Waals surface area contributed by atoms with Crippen molar-refractivity contribution in [1.82, 2.24) is 15.1 Å². The van der Waals surface area contributed by atoms with Gasteiger partial charge in [-0.25, -0.2) is 0 Å². The number of aromatic nitrogens is 2. The molecule has 104 valence electrons. The summed E-state index contributed by atoms with van der Waals surface area (Å²) in [5.74, 6) is 0.700. The summed E-state index contributed by atoms with van der Waals surface area (Å²) in [4.78, 5) is 14.6. The van der Waals surface area contributed by atoms with Crippen LogP contribution in [0.3, 0.4) is 0 Å². The van der Waals surface area contributed by atoms with Crippen molar-refractivity contribution in [3.8, 4) is 0 Å². The number of anilines is 1. The number of nitrogens with two attached hydrogens (primary N) is 1. The van der Waals surface area contributed by atoms with Crippen molar-refractivity contribution in [3.63, 3.8) is 0 Å². The Hall–Kier alpha value is -1.52. The van der Waals surface area contributed by atoms with Crippen molar-refractivity contribution in [2.75, 3.05) is 12.3 Å². The number of nitrogens with zero attached hydrogens (tertiary/aromatic N) is 2. The van der Waals surface area contributed by atoms with Gasteiger partial charge in [-0.3, -0.25) is 9.89 Å². The van der Waals surface area contributed by atoms with Gasteiger partial charge in [-0.15, -0.1) is 0 Å². The first kappa shape index (κ1) is 12.5. The molecule has 2 aliphatic rings. The number of carbonyl (C=O) groups is 1. The van der Waals surface area contributed by atoms with E-state index in [1.807, 2.05) is 4.90 Å². The Balaban J connectivity index is 1.70. The summed E-state index contributed by atoms with van der Waals surface area (Å²) in [6.07, 6.45) is 10.3. The molecule has 0 atom stereocenters. The van der Waals surface area contributed by atoms with Crippen LogP contribution in [0.5, 0.6) is 0 Å². The fourth-order valence-corrected chi connectivity index (χ4v) is 3.04. The lowest BCUT2D eigenvalue weighted by molar-refractivity contribution is 0.0694. The minimum atomic E-state index is 0.0306. The van der Waals surface area contributed by atoms with E-state index in [1.54, 1.807) is 0 Å². The monoisotopic (exact) mass is 262 g/mol. The molecule has 2 fully saturated rings. The number of hydrogen-bond donors (Lipinski definition) is 2. The van der Waals surface area contributed by atoms with E-state index in [1.165, 1.54) is 38.3 Å². The molecule has 1 aromatic rings. The highest BCUT2D eigenvalue weighted by atomic mass is 16.2. The molecule has 5 nitrogen and oxygen atoms in total. The van der Waals surface area contributed by atoms with Crippen molar-refractivity contribution < 1.29 is 4.79 Å². The first-order valence-electron chi connectivity index (χ1n) is 7.35. The van der Waals surface area contributed by atoms with Gasteiger partial charge in [-0.05, 0) is 31.6 Å². The Morgan fingerprint density at radius 1 is 1.32 bits per heavy atom. The van der Waals surface area contributed by atoms with Crippen LogP contribution in [0.25, 0.3) is 0 Å². The maximum atomic E-state index is 12.6. The number of amides is 1. The SMILES string of the molecule is Nc1cn[nH]c1C(=O)N(CC1CCCCC1)C1CC1. The molecule has 0 unspecified atom stereocenters. The average molecular weight is 262 g/mol. The lowest BCUT2D eigenvalue weighted by Crippen LogP contribution is -2.38. The maximum absolute atomic E-state index is 12.6. The molecule has 1 aromatic heterocycles. The van der Waals surface area contributed by atoms with Crippen molar-refractivity contribution in [1.29, 1.82) is 0 Å². The predicted octanol–water partition coefficient (Wildman–Crippen LogP) is 2.18. The van der Waals surface area contributed by atoms with Gasteiger partial charge in [0.2, 0.25) is 0 Å². The molecule has 0 aromatic carbocycles. The summed E-state index contributed by atoms with van der Waals surface area (Å²) in [6.45, 7) is 0.891. The molecule has 1 heterocycles. The molecule has 5 heteroatoms. The van der Waals surface area contributed by atoms with Gasteiger partial charge in [0.1, 0.15) is 5.69 Å². The van der Waals surface area contributed by atoms with Crippen LogP contribution in [0.1, 0.15) is 55.4 Å². The van der Waals surface area contributed by atoms with Crippen LogP contribution in [-0.4, -0.2) is 33.6 Å². The van der Waals surface area contributed by atoms with Crippen LogP contribution < -0.4 is 5.73 Å². The molecule has 3 rings (SSSR count). The molecule has 2 aliphatic carbocycles. The Morgan fingerprint density at radius 2 is 2.05 bits per heavy atom. The number of hydrogen-bond acceptors (Lipinski definition) is 3. The zero-order valence-electron chi connectivity index (χ0n) is 11.3. The topological polar surface area (TPSA) is 75.0 Å². The predicted molar refractivity (Wildman–Crippen MR) is 73.6 cm³/mol. The van der Waals surface area contributed by atoms with E-state index >= 15 is 0 Å². The van der Waals surface area contributed by atoms with E-state index in [0.717, 1.165) is 19.4 Å². The van der Waals surface area contributed by atoms with Gasteiger partial charge in [0.15, 0.2) is 0 Å². The van der Waals surface area contributed by atoms with Crippen LogP contribution in [0.15, 0.2) is 6.20 Å². The molecule has 19 heavy (non-hydrogen) atoms. The zero-order valence-corrected chi connectivity index (χ0v) is 11.3. The lowest BCUT2D eigenvalue weighted by atomic mass is 9.89. The van der Waals surface area contributed by atoms with Gasteiger partial charge in [0.25, 0.3) is 5.91 Å². The summed E-state index contributed by atoms with van der Waals surface area (Å²) in [6, 6.07) is 0.428.